The number of aromatic nitrogens is 6. The molecule has 3 heterocycles. The maximum Gasteiger partial charge on any atom is 0.393 e. The number of aryl methyl sites for hydroxylation is 1. The second-order valence-corrected chi connectivity index (χ2v) is 8.61. The number of rotatable bonds is 6. The van der Waals surface area contributed by atoms with Crippen molar-refractivity contribution in [3.8, 4) is 11.4 Å². The smallest absolute Gasteiger partial charge is 0.393 e. The van der Waals surface area contributed by atoms with E-state index in [1.165, 1.54) is 0 Å². The van der Waals surface area contributed by atoms with Crippen LogP contribution >= 0.6 is 0 Å². The number of nitrogens with zero attached hydrogens (tertiary/aromatic N) is 7. The standard InChI is InChI=1S/C22H28F3N7O/c1-14(2)32-21(30-9-5-6-17(12-30)22(23,24)25)27-20(29-32)11-16-7-8-18(19(10-16)33-4)31-13-26-15(3)28-31/h7-8,10,13-14,17H,5-6,9,11-12H2,1-4H3. The molecular formula is C22H28F3N7O. The molecule has 11 heteroatoms. The predicted molar refractivity (Wildman–Crippen MR) is 117 cm³/mol. The number of alkyl halides is 3. The van der Waals surface area contributed by atoms with E-state index in [-0.39, 0.29) is 19.0 Å². The molecule has 0 N–H and O–H groups in total. The van der Waals surface area contributed by atoms with Gasteiger partial charge in [0.05, 0.1) is 19.1 Å². The number of anilines is 1. The van der Waals surface area contributed by atoms with Crippen LogP contribution < -0.4 is 9.64 Å². The molecule has 1 aliphatic rings. The monoisotopic (exact) mass is 463 g/mol. The summed E-state index contributed by atoms with van der Waals surface area (Å²) < 4.78 is 48.9. The lowest BCUT2D eigenvalue weighted by Gasteiger charge is -2.34. The third kappa shape index (κ3) is 4.96. The fraction of sp³-hybridized carbons (Fsp3) is 0.545. The molecule has 0 saturated carbocycles. The zero-order valence-electron chi connectivity index (χ0n) is 19.2. The number of hydrogen-bond donors (Lipinski definition) is 0. The van der Waals surface area contributed by atoms with Crippen LogP contribution in [0.5, 0.6) is 5.75 Å². The molecule has 0 amide bonds. The molecule has 8 nitrogen and oxygen atoms in total. The fourth-order valence-electron chi connectivity index (χ4n) is 4.09. The molecule has 4 rings (SSSR count). The van der Waals surface area contributed by atoms with Gasteiger partial charge in [-0.15, -0.1) is 0 Å². The molecule has 0 aliphatic carbocycles. The minimum absolute atomic E-state index is 0.0278. The van der Waals surface area contributed by atoms with E-state index in [0.29, 0.717) is 42.7 Å². The lowest BCUT2D eigenvalue weighted by Crippen LogP contribution is -2.43. The van der Waals surface area contributed by atoms with Crippen molar-refractivity contribution in [3.63, 3.8) is 0 Å². The minimum Gasteiger partial charge on any atom is -0.494 e. The topological polar surface area (TPSA) is 73.9 Å². The van der Waals surface area contributed by atoms with Gasteiger partial charge in [-0.25, -0.2) is 14.3 Å². The Hall–Kier alpha value is -3.11. The second kappa shape index (κ2) is 9.03. The minimum atomic E-state index is -4.20. The predicted octanol–water partition coefficient (Wildman–Crippen LogP) is 4.13. The van der Waals surface area contributed by atoms with Crippen LogP contribution in [0, 0.1) is 12.8 Å². The second-order valence-electron chi connectivity index (χ2n) is 8.61. The molecule has 1 saturated heterocycles. The number of piperidine rings is 1. The van der Waals surface area contributed by atoms with Crippen molar-refractivity contribution >= 4 is 5.95 Å². The van der Waals surface area contributed by atoms with Crippen molar-refractivity contribution in [1.82, 2.24) is 29.5 Å². The van der Waals surface area contributed by atoms with E-state index < -0.39 is 12.1 Å². The van der Waals surface area contributed by atoms with Crippen LogP contribution in [0.15, 0.2) is 24.5 Å². The lowest BCUT2D eigenvalue weighted by atomic mass is 9.98. The number of hydrogen-bond acceptors (Lipinski definition) is 6. The number of benzene rings is 1. The van der Waals surface area contributed by atoms with Gasteiger partial charge in [-0.05, 0) is 51.3 Å². The van der Waals surface area contributed by atoms with E-state index >= 15 is 0 Å². The van der Waals surface area contributed by atoms with Gasteiger partial charge in [0.2, 0.25) is 5.95 Å². The Morgan fingerprint density at radius 1 is 1.21 bits per heavy atom. The zero-order chi connectivity index (χ0) is 23.8. The summed E-state index contributed by atoms with van der Waals surface area (Å²) in [6.07, 6.45) is -1.52. The highest BCUT2D eigenvalue weighted by Gasteiger charge is 2.42. The Bertz CT molecular complexity index is 1110. The molecule has 1 aromatic carbocycles. The van der Waals surface area contributed by atoms with Gasteiger partial charge in [-0.1, -0.05) is 6.07 Å². The van der Waals surface area contributed by atoms with Gasteiger partial charge in [0.1, 0.15) is 23.6 Å². The summed E-state index contributed by atoms with van der Waals surface area (Å²) in [4.78, 5) is 10.5. The van der Waals surface area contributed by atoms with E-state index in [1.807, 2.05) is 39.0 Å². The third-order valence-corrected chi connectivity index (χ3v) is 5.77. The SMILES string of the molecule is COc1cc(Cc2nc(N3CCCC(C(F)(F)F)C3)n(C(C)C)n2)ccc1-n1cnc(C)n1. The van der Waals surface area contributed by atoms with Crippen molar-refractivity contribution in [2.75, 3.05) is 25.1 Å². The Morgan fingerprint density at radius 2 is 2.00 bits per heavy atom. The Kier molecular flexibility index (Phi) is 6.31. The van der Waals surface area contributed by atoms with Crippen LogP contribution in [0.1, 0.15) is 49.9 Å². The zero-order valence-corrected chi connectivity index (χ0v) is 19.2. The molecule has 0 spiro atoms. The first-order chi connectivity index (χ1) is 15.7. The first-order valence-corrected chi connectivity index (χ1v) is 11.0. The van der Waals surface area contributed by atoms with Crippen LogP contribution in [-0.4, -0.2) is 55.9 Å². The quantitative estimate of drug-likeness (QED) is 0.547. The summed E-state index contributed by atoms with van der Waals surface area (Å²) in [6.45, 7) is 6.16. The van der Waals surface area contributed by atoms with Crippen LogP contribution in [0.2, 0.25) is 0 Å². The van der Waals surface area contributed by atoms with E-state index in [1.54, 1.807) is 27.7 Å². The molecule has 0 radical (unpaired) electrons. The van der Waals surface area contributed by atoms with Gasteiger partial charge in [0, 0.05) is 19.5 Å². The van der Waals surface area contributed by atoms with Crippen molar-refractivity contribution in [2.24, 2.45) is 5.92 Å². The summed E-state index contributed by atoms with van der Waals surface area (Å²) in [5.41, 5.74) is 1.68. The molecule has 0 bridgehead atoms. The van der Waals surface area contributed by atoms with Crippen molar-refractivity contribution in [3.05, 3.63) is 41.7 Å². The fourth-order valence-corrected chi connectivity index (χ4v) is 4.09. The van der Waals surface area contributed by atoms with Crippen LogP contribution in [-0.2, 0) is 6.42 Å². The maximum absolute atomic E-state index is 13.3. The number of ether oxygens (including phenoxy) is 1. The number of methoxy groups -OCH3 is 1. The van der Waals surface area contributed by atoms with Crippen molar-refractivity contribution in [2.45, 2.75) is 52.3 Å². The summed E-state index contributed by atoms with van der Waals surface area (Å²) >= 11 is 0. The maximum atomic E-state index is 13.3. The molecular weight excluding hydrogens is 435 g/mol. The average molecular weight is 464 g/mol. The Labute approximate surface area is 190 Å². The Balaban J connectivity index is 1.59. The summed E-state index contributed by atoms with van der Waals surface area (Å²) in [5, 5.41) is 8.95. The van der Waals surface area contributed by atoms with E-state index in [0.717, 1.165) is 11.3 Å². The van der Waals surface area contributed by atoms with Crippen LogP contribution in [0.25, 0.3) is 5.69 Å². The van der Waals surface area contributed by atoms with Gasteiger partial charge >= 0.3 is 6.18 Å². The van der Waals surface area contributed by atoms with E-state index in [9.17, 15) is 13.2 Å². The average Bonchev–Trinajstić information content (AvgIpc) is 3.39. The van der Waals surface area contributed by atoms with Crippen molar-refractivity contribution in [1.29, 1.82) is 0 Å². The third-order valence-electron chi connectivity index (χ3n) is 5.77. The highest BCUT2D eigenvalue weighted by atomic mass is 19.4. The Morgan fingerprint density at radius 3 is 2.64 bits per heavy atom. The molecule has 178 valence electrons. The molecule has 2 aromatic heterocycles. The first kappa shape index (κ1) is 23.1. The highest BCUT2D eigenvalue weighted by molar-refractivity contribution is 5.49. The van der Waals surface area contributed by atoms with Crippen LogP contribution in [0.3, 0.4) is 0 Å². The highest BCUT2D eigenvalue weighted by Crippen LogP contribution is 2.35. The first-order valence-electron chi connectivity index (χ1n) is 11.0. The summed E-state index contributed by atoms with van der Waals surface area (Å²) in [7, 11) is 1.59. The van der Waals surface area contributed by atoms with Gasteiger partial charge in [-0.2, -0.15) is 28.4 Å². The largest absolute Gasteiger partial charge is 0.494 e. The summed E-state index contributed by atoms with van der Waals surface area (Å²) in [5.74, 6) is 0.992. The van der Waals surface area contributed by atoms with Gasteiger partial charge in [0.25, 0.3) is 0 Å². The molecule has 1 aliphatic heterocycles. The number of halogens is 3. The van der Waals surface area contributed by atoms with Crippen LogP contribution in [0.4, 0.5) is 19.1 Å². The normalized spacial score (nSPS) is 17.1. The van der Waals surface area contributed by atoms with Crippen molar-refractivity contribution < 1.29 is 17.9 Å². The lowest BCUT2D eigenvalue weighted by molar-refractivity contribution is -0.176. The van der Waals surface area contributed by atoms with Gasteiger partial charge in [0.15, 0.2) is 5.82 Å². The molecule has 1 fully saturated rings. The summed E-state index contributed by atoms with van der Waals surface area (Å²) in [6, 6.07) is 5.69. The van der Waals surface area contributed by atoms with E-state index in [4.69, 9.17) is 4.74 Å². The molecule has 33 heavy (non-hydrogen) atoms. The molecule has 1 unspecified atom stereocenters. The van der Waals surface area contributed by atoms with E-state index in [2.05, 4.69) is 20.2 Å². The molecule has 1 atom stereocenters. The molecule has 3 aromatic rings. The van der Waals surface area contributed by atoms with Gasteiger partial charge in [-0.3, -0.25) is 0 Å². The van der Waals surface area contributed by atoms with Gasteiger partial charge < -0.3 is 9.64 Å².